The second-order valence-corrected chi connectivity index (χ2v) is 15.1. The van der Waals surface area contributed by atoms with Gasteiger partial charge in [0.2, 0.25) is 0 Å². The lowest BCUT2D eigenvalue weighted by Gasteiger charge is -2.15. The Kier molecular flexibility index (Phi) is 7.35. The van der Waals surface area contributed by atoms with Gasteiger partial charge in [0.1, 0.15) is 0 Å². The molecule has 0 aliphatic rings. The van der Waals surface area contributed by atoms with Crippen molar-refractivity contribution >= 4 is 64.0 Å². The first-order valence-electron chi connectivity index (χ1n) is 18.5. The summed E-state index contributed by atoms with van der Waals surface area (Å²) in [5, 5.41) is 8.46. The molecule has 55 heavy (non-hydrogen) atoms. The molecule has 0 saturated carbocycles. The molecule has 0 unspecified atom stereocenters. The zero-order chi connectivity index (χ0) is 36.3. The Balaban J connectivity index is 1.20. The number of hydrogen-bond acceptors (Lipinski definition) is 4. The van der Waals surface area contributed by atoms with Crippen molar-refractivity contribution < 1.29 is 0 Å². The summed E-state index contributed by atoms with van der Waals surface area (Å²) in [6, 6.07) is 64.9. The van der Waals surface area contributed by atoms with Gasteiger partial charge in [0, 0.05) is 38.5 Å². The summed E-state index contributed by atoms with van der Waals surface area (Å²) < 4.78 is 2.40. The van der Waals surface area contributed by atoms with E-state index in [9.17, 15) is 0 Å². The summed E-state index contributed by atoms with van der Waals surface area (Å²) >= 11 is 1.80. The van der Waals surface area contributed by atoms with E-state index in [4.69, 9.17) is 15.0 Å². The number of aromatic nitrogens is 3. The summed E-state index contributed by atoms with van der Waals surface area (Å²) in [7, 11) is 0. The van der Waals surface area contributed by atoms with Crippen LogP contribution in [0.2, 0.25) is 0 Å². The number of nitrogens with zero attached hydrogens (tertiary/aromatic N) is 3. The molecule has 3 heterocycles. The lowest BCUT2D eigenvalue weighted by Crippen LogP contribution is -1.97. The standard InChI is InChI=1S/C51H31N3S/c1-2-13-33(14-3-1)46-31-47(36-23-22-32-12-4-5-15-34(32)26-36)54-51(53-46)39-28-37(41-24-25-52-49-44-20-10-11-21-48(44)55-50(41)49)27-38(29-39)45-30-35-16-6-7-17-40(35)42-18-8-9-19-43(42)45/h1-31H. The Morgan fingerprint density at radius 1 is 0.364 bits per heavy atom. The largest absolute Gasteiger partial charge is 0.255 e. The van der Waals surface area contributed by atoms with Gasteiger partial charge in [0.25, 0.3) is 0 Å². The molecule has 8 aromatic carbocycles. The lowest BCUT2D eigenvalue weighted by atomic mass is 9.90. The highest BCUT2D eigenvalue weighted by Crippen LogP contribution is 2.43. The van der Waals surface area contributed by atoms with E-state index in [2.05, 4.69) is 176 Å². The number of rotatable bonds is 5. The van der Waals surface area contributed by atoms with Crippen LogP contribution < -0.4 is 0 Å². The molecule has 0 radical (unpaired) electrons. The Morgan fingerprint density at radius 2 is 1.00 bits per heavy atom. The molecule has 0 aliphatic heterocycles. The Labute approximate surface area is 321 Å². The van der Waals surface area contributed by atoms with Crippen molar-refractivity contribution in [3.63, 3.8) is 0 Å². The van der Waals surface area contributed by atoms with Crippen molar-refractivity contribution in [2.45, 2.75) is 0 Å². The molecule has 256 valence electrons. The molecular formula is C51H31N3S. The van der Waals surface area contributed by atoms with E-state index in [-0.39, 0.29) is 0 Å². The molecule has 0 bridgehead atoms. The van der Waals surface area contributed by atoms with Gasteiger partial charge >= 0.3 is 0 Å². The first-order valence-corrected chi connectivity index (χ1v) is 19.3. The molecule has 0 spiro atoms. The number of thiophene rings is 1. The van der Waals surface area contributed by atoms with Crippen LogP contribution >= 0.6 is 11.3 Å². The van der Waals surface area contributed by atoms with Crippen LogP contribution in [0.5, 0.6) is 0 Å². The van der Waals surface area contributed by atoms with Crippen molar-refractivity contribution in [2.75, 3.05) is 0 Å². The van der Waals surface area contributed by atoms with Crippen molar-refractivity contribution in [1.82, 2.24) is 15.0 Å². The highest BCUT2D eigenvalue weighted by atomic mass is 32.1. The Bertz CT molecular complexity index is 3270. The second kappa shape index (κ2) is 12.8. The van der Waals surface area contributed by atoms with Gasteiger partial charge in [-0.25, -0.2) is 9.97 Å². The zero-order valence-corrected chi connectivity index (χ0v) is 30.5. The van der Waals surface area contributed by atoms with Crippen LogP contribution in [-0.4, -0.2) is 15.0 Å². The van der Waals surface area contributed by atoms with Crippen LogP contribution in [0.25, 0.3) is 109 Å². The van der Waals surface area contributed by atoms with E-state index in [0.29, 0.717) is 5.82 Å². The molecule has 3 nitrogen and oxygen atoms in total. The van der Waals surface area contributed by atoms with Crippen LogP contribution in [0, 0.1) is 0 Å². The molecule has 11 aromatic rings. The fourth-order valence-electron chi connectivity index (χ4n) is 8.02. The Hall–Kier alpha value is -7.01. The van der Waals surface area contributed by atoms with Crippen LogP contribution in [0.3, 0.4) is 0 Å². The topological polar surface area (TPSA) is 38.7 Å². The van der Waals surface area contributed by atoms with Crippen LogP contribution in [-0.2, 0) is 0 Å². The monoisotopic (exact) mass is 717 g/mol. The van der Waals surface area contributed by atoms with Gasteiger partial charge in [-0.05, 0) is 97.5 Å². The molecule has 0 atom stereocenters. The highest BCUT2D eigenvalue weighted by molar-refractivity contribution is 7.26. The minimum absolute atomic E-state index is 0.680. The molecule has 0 aliphatic carbocycles. The third-order valence-corrected chi connectivity index (χ3v) is 11.9. The summed E-state index contributed by atoms with van der Waals surface area (Å²) in [6.45, 7) is 0. The van der Waals surface area contributed by atoms with E-state index >= 15 is 0 Å². The van der Waals surface area contributed by atoms with E-state index < -0.39 is 0 Å². The molecule has 0 N–H and O–H groups in total. The maximum Gasteiger partial charge on any atom is 0.160 e. The SMILES string of the molecule is c1ccc(-c2cc(-c3ccc4ccccc4c3)nc(-c3cc(-c4cc5ccccc5c5ccccc45)cc(-c4ccnc5c4sc4ccccc45)c3)n2)cc1. The summed E-state index contributed by atoms with van der Waals surface area (Å²) in [5.41, 5.74) is 10.4. The normalized spacial score (nSPS) is 11.6. The maximum atomic E-state index is 5.36. The smallest absolute Gasteiger partial charge is 0.160 e. The third-order valence-electron chi connectivity index (χ3n) is 10.7. The number of fused-ring (bicyclic) bond motifs is 7. The average molecular weight is 718 g/mol. The number of benzene rings is 8. The molecular weight excluding hydrogens is 687 g/mol. The minimum atomic E-state index is 0.680. The van der Waals surface area contributed by atoms with E-state index in [1.807, 2.05) is 12.3 Å². The maximum absolute atomic E-state index is 5.36. The first kappa shape index (κ1) is 31.5. The second-order valence-electron chi connectivity index (χ2n) is 14.0. The van der Waals surface area contributed by atoms with E-state index in [1.54, 1.807) is 11.3 Å². The van der Waals surface area contributed by atoms with Gasteiger partial charge in [0.15, 0.2) is 5.82 Å². The molecule has 0 amide bonds. The van der Waals surface area contributed by atoms with Gasteiger partial charge < -0.3 is 0 Å². The van der Waals surface area contributed by atoms with Gasteiger partial charge in [0.05, 0.1) is 21.6 Å². The van der Waals surface area contributed by atoms with Gasteiger partial charge in [-0.2, -0.15) is 0 Å². The van der Waals surface area contributed by atoms with E-state index in [1.165, 1.54) is 52.7 Å². The minimum Gasteiger partial charge on any atom is -0.255 e. The summed E-state index contributed by atoms with van der Waals surface area (Å²) in [6.07, 6.45) is 1.94. The van der Waals surface area contributed by atoms with Crippen molar-refractivity contribution in [3.8, 4) is 56.2 Å². The van der Waals surface area contributed by atoms with Gasteiger partial charge in [-0.1, -0.05) is 133 Å². The average Bonchev–Trinajstić information content (AvgIpc) is 3.65. The summed E-state index contributed by atoms with van der Waals surface area (Å²) in [5.74, 6) is 0.680. The van der Waals surface area contributed by atoms with Gasteiger partial charge in [-0.3, -0.25) is 4.98 Å². The molecule has 0 fully saturated rings. The molecule has 11 rings (SSSR count). The van der Waals surface area contributed by atoms with Crippen LogP contribution in [0.1, 0.15) is 0 Å². The Morgan fingerprint density at radius 3 is 1.84 bits per heavy atom. The first-order chi connectivity index (χ1) is 27.2. The quantitative estimate of drug-likeness (QED) is 0.166. The van der Waals surface area contributed by atoms with Crippen LogP contribution in [0.15, 0.2) is 188 Å². The van der Waals surface area contributed by atoms with Crippen molar-refractivity contribution in [3.05, 3.63) is 188 Å². The number of pyridine rings is 1. The van der Waals surface area contributed by atoms with Gasteiger partial charge in [-0.15, -0.1) is 11.3 Å². The molecule has 0 saturated heterocycles. The van der Waals surface area contributed by atoms with Crippen molar-refractivity contribution in [2.24, 2.45) is 0 Å². The molecule has 3 aromatic heterocycles. The predicted molar refractivity (Wildman–Crippen MR) is 232 cm³/mol. The van der Waals surface area contributed by atoms with E-state index in [0.717, 1.165) is 50.3 Å². The zero-order valence-electron chi connectivity index (χ0n) is 29.6. The highest BCUT2D eigenvalue weighted by Gasteiger charge is 2.18. The predicted octanol–water partition coefficient (Wildman–Crippen LogP) is 14.0. The number of hydrogen-bond donors (Lipinski definition) is 0. The van der Waals surface area contributed by atoms with Crippen LogP contribution in [0.4, 0.5) is 0 Å². The fraction of sp³-hybridized carbons (Fsp3) is 0. The summed E-state index contributed by atoms with van der Waals surface area (Å²) in [4.78, 5) is 15.6. The van der Waals surface area contributed by atoms with Crippen molar-refractivity contribution in [1.29, 1.82) is 0 Å². The fourth-order valence-corrected chi connectivity index (χ4v) is 9.22. The third kappa shape index (κ3) is 5.46. The lowest BCUT2D eigenvalue weighted by molar-refractivity contribution is 1.18. The molecule has 4 heteroatoms.